The van der Waals surface area contributed by atoms with Crippen LogP contribution in [0.25, 0.3) is 0 Å². The van der Waals surface area contributed by atoms with Crippen molar-refractivity contribution in [2.45, 2.75) is 38.1 Å². The Kier molecular flexibility index (Phi) is 7.43. The maximum absolute atomic E-state index is 13.3. The number of aromatic nitrogens is 2. The number of nitrogens with zero attached hydrogens (tertiary/aromatic N) is 3. The lowest BCUT2D eigenvalue weighted by Gasteiger charge is -2.23. The van der Waals surface area contributed by atoms with Crippen LogP contribution in [0.5, 0.6) is 0 Å². The molecule has 2 aliphatic heterocycles. The first-order chi connectivity index (χ1) is 15.2. The summed E-state index contributed by atoms with van der Waals surface area (Å²) in [6.45, 7) is 5.31. The summed E-state index contributed by atoms with van der Waals surface area (Å²) >= 11 is 0. The quantitative estimate of drug-likeness (QED) is 0.674. The number of carbonyl (C=O) groups is 1. The van der Waals surface area contributed by atoms with Gasteiger partial charge in [-0.1, -0.05) is 12.1 Å². The van der Waals surface area contributed by atoms with E-state index >= 15 is 0 Å². The summed E-state index contributed by atoms with van der Waals surface area (Å²) < 4.78 is 18.7. The highest BCUT2D eigenvalue weighted by molar-refractivity contribution is 5.92. The van der Waals surface area contributed by atoms with E-state index in [2.05, 4.69) is 25.5 Å². The Morgan fingerprint density at radius 2 is 1.90 bits per heavy atom. The first kappa shape index (κ1) is 21.6. The molecule has 2 aromatic rings. The highest BCUT2D eigenvalue weighted by Gasteiger charge is 2.20. The summed E-state index contributed by atoms with van der Waals surface area (Å²) in [7, 11) is 0. The van der Waals surface area contributed by atoms with Crippen LogP contribution in [0.2, 0.25) is 0 Å². The van der Waals surface area contributed by atoms with Gasteiger partial charge >= 0.3 is 0 Å². The van der Waals surface area contributed by atoms with E-state index in [1.165, 1.54) is 31.2 Å². The van der Waals surface area contributed by atoms with Crippen LogP contribution in [-0.2, 0) is 11.2 Å². The van der Waals surface area contributed by atoms with Crippen LogP contribution in [0.15, 0.2) is 30.5 Å². The fourth-order valence-corrected chi connectivity index (χ4v) is 4.04. The van der Waals surface area contributed by atoms with Gasteiger partial charge in [-0.3, -0.25) is 4.79 Å². The lowest BCUT2D eigenvalue weighted by Crippen LogP contribution is -2.39. The second kappa shape index (κ2) is 10.6. The molecular weight excluding hydrogens is 397 g/mol. The lowest BCUT2D eigenvalue weighted by molar-refractivity contribution is 0.0694. The zero-order chi connectivity index (χ0) is 21.5. The summed E-state index contributed by atoms with van der Waals surface area (Å²) in [5.74, 6) is 0.179. The standard InChI is InChI=1S/C23H30FN5O2/c24-18-5-3-17(4-6-18)15-20-22(25-9-12-29-10-1-2-11-29)26-16-21(28-20)23(30)27-19-7-13-31-14-8-19/h3-6,16,19H,1-2,7-15H2,(H,25,26)(H,27,30). The Labute approximate surface area is 182 Å². The molecule has 0 spiro atoms. The van der Waals surface area contributed by atoms with E-state index in [9.17, 15) is 9.18 Å². The summed E-state index contributed by atoms with van der Waals surface area (Å²) in [6.07, 6.45) is 6.12. The van der Waals surface area contributed by atoms with Crippen LogP contribution in [0.3, 0.4) is 0 Å². The van der Waals surface area contributed by atoms with E-state index in [-0.39, 0.29) is 17.8 Å². The number of amides is 1. The number of likely N-dealkylation sites (tertiary alicyclic amines) is 1. The Balaban J connectivity index is 1.47. The van der Waals surface area contributed by atoms with Crippen molar-refractivity contribution in [3.05, 3.63) is 53.2 Å². The molecule has 0 aliphatic carbocycles. The summed E-state index contributed by atoms with van der Waals surface area (Å²) in [4.78, 5) is 24.3. The van der Waals surface area contributed by atoms with Crippen molar-refractivity contribution in [2.24, 2.45) is 0 Å². The number of benzene rings is 1. The topological polar surface area (TPSA) is 79.4 Å². The molecule has 1 aromatic heterocycles. The van der Waals surface area contributed by atoms with Crippen molar-refractivity contribution < 1.29 is 13.9 Å². The van der Waals surface area contributed by atoms with Gasteiger partial charge in [0.05, 0.1) is 11.9 Å². The smallest absolute Gasteiger partial charge is 0.271 e. The Hall–Kier alpha value is -2.58. The van der Waals surface area contributed by atoms with Gasteiger partial charge in [0.15, 0.2) is 0 Å². The molecule has 0 unspecified atom stereocenters. The zero-order valence-corrected chi connectivity index (χ0v) is 17.8. The van der Waals surface area contributed by atoms with E-state index in [4.69, 9.17) is 4.74 Å². The van der Waals surface area contributed by atoms with Crippen molar-refractivity contribution in [2.75, 3.05) is 44.7 Å². The van der Waals surface area contributed by atoms with E-state index in [1.807, 2.05) is 0 Å². The monoisotopic (exact) mass is 427 g/mol. The molecule has 2 N–H and O–H groups in total. The average Bonchev–Trinajstić information content (AvgIpc) is 3.30. The van der Waals surface area contributed by atoms with E-state index in [0.29, 0.717) is 36.8 Å². The second-order valence-electron chi connectivity index (χ2n) is 8.19. The maximum atomic E-state index is 13.3. The molecule has 2 aliphatic rings. The summed E-state index contributed by atoms with van der Waals surface area (Å²) in [5.41, 5.74) is 1.90. The molecule has 0 saturated carbocycles. The molecule has 7 nitrogen and oxygen atoms in total. The van der Waals surface area contributed by atoms with E-state index in [1.54, 1.807) is 12.1 Å². The van der Waals surface area contributed by atoms with Crippen molar-refractivity contribution in [1.29, 1.82) is 0 Å². The SMILES string of the molecule is O=C(NC1CCOCC1)c1cnc(NCCN2CCCC2)c(Cc2ccc(F)cc2)n1. The van der Waals surface area contributed by atoms with Gasteiger partial charge in [0, 0.05) is 38.8 Å². The van der Waals surface area contributed by atoms with Crippen molar-refractivity contribution >= 4 is 11.7 Å². The Morgan fingerprint density at radius 1 is 1.16 bits per heavy atom. The van der Waals surface area contributed by atoms with Crippen LogP contribution < -0.4 is 10.6 Å². The molecule has 2 fully saturated rings. The minimum absolute atomic E-state index is 0.0989. The summed E-state index contributed by atoms with van der Waals surface area (Å²) in [5, 5.41) is 6.42. The molecule has 8 heteroatoms. The van der Waals surface area contributed by atoms with E-state index in [0.717, 1.165) is 44.6 Å². The van der Waals surface area contributed by atoms with Crippen molar-refractivity contribution in [1.82, 2.24) is 20.2 Å². The van der Waals surface area contributed by atoms with Gasteiger partial charge in [-0.05, 0) is 56.5 Å². The number of halogens is 1. The number of ether oxygens (including phenoxy) is 1. The lowest BCUT2D eigenvalue weighted by atomic mass is 10.1. The van der Waals surface area contributed by atoms with Crippen LogP contribution in [0.4, 0.5) is 10.2 Å². The number of anilines is 1. The first-order valence-corrected chi connectivity index (χ1v) is 11.1. The summed E-state index contributed by atoms with van der Waals surface area (Å²) in [6, 6.07) is 6.44. The van der Waals surface area contributed by atoms with Crippen molar-refractivity contribution in [3.8, 4) is 0 Å². The molecule has 166 valence electrons. The Bertz CT molecular complexity index is 865. The maximum Gasteiger partial charge on any atom is 0.271 e. The fraction of sp³-hybridized carbons (Fsp3) is 0.522. The molecule has 0 atom stereocenters. The zero-order valence-electron chi connectivity index (χ0n) is 17.8. The molecule has 4 rings (SSSR count). The molecular formula is C23H30FN5O2. The second-order valence-corrected chi connectivity index (χ2v) is 8.19. The van der Waals surface area contributed by atoms with Crippen LogP contribution in [0.1, 0.15) is 47.4 Å². The first-order valence-electron chi connectivity index (χ1n) is 11.1. The van der Waals surface area contributed by atoms with Gasteiger partial charge in [0.1, 0.15) is 17.3 Å². The van der Waals surface area contributed by atoms with Gasteiger partial charge < -0.3 is 20.3 Å². The van der Waals surface area contributed by atoms with Crippen LogP contribution in [-0.4, -0.2) is 66.2 Å². The van der Waals surface area contributed by atoms with Gasteiger partial charge in [-0.25, -0.2) is 14.4 Å². The molecule has 0 radical (unpaired) electrons. The highest BCUT2D eigenvalue weighted by Crippen LogP contribution is 2.17. The molecule has 1 aromatic carbocycles. The third-order valence-corrected chi connectivity index (χ3v) is 5.84. The molecule has 1 amide bonds. The van der Waals surface area contributed by atoms with Crippen LogP contribution in [0, 0.1) is 5.82 Å². The van der Waals surface area contributed by atoms with Gasteiger partial charge in [-0.15, -0.1) is 0 Å². The predicted molar refractivity (Wildman–Crippen MR) is 117 cm³/mol. The van der Waals surface area contributed by atoms with Crippen LogP contribution >= 0.6 is 0 Å². The number of hydrogen-bond acceptors (Lipinski definition) is 6. The molecule has 2 saturated heterocycles. The van der Waals surface area contributed by atoms with Crippen molar-refractivity contribution in [3.63, 3.8) is 0 Å². The fourth-order valence-electron chi connectivity index (χ4n) is 4.04. The minimum atomic E-state index is -0.275. The number of nitrogens with one attached hydrogen (secondary N) is 2. The molecule has 0 bridgehead atoms. The average molecular weight is 428 g/mol. The molecule has 3 heterocycles. The van der Waals surface area contributed by atoms with Gasteiger partial charge in [-0.2, -0.15) is 0 Å². The van der Waals surface area contributed by atoms with Gasteiger partial charge in [0.25, 0.3) is 5.91 Å². The van der Waals surface area contributed by atoms with Gasteiger partial charge in [0.2, 0.25) is 0 Å². The minimum Gasteiger partial charge on any atom is -0.381 e. The van der Waals surface area contributed by atoms with E-state index < -0.39 is 0 Å². The highest BCUT2D eigenvalue weighted by atomic mass is 19.1. The number of rotatable bonds is 8. The third-order valence-electron chi connectivity index (χ3n) is 5.84. The Morgan fingerprint density at radius 3 is 2.65 bits per heavy atom. The predicted octanol–water partition coefficient (Wildman–Crippen LogP) is 2.62. The largest absolute Gasteiger partial charge is 0.381 e. The third kappa shape index (κ3) is 6.21. The normalized spacial score (nSPS) is 17.6. The number of carbonyl (C=O) groups excluding carboxylic acids is 1. The molecule has 31 heavy (non-hydrogen) atoms. The number of hydrogen-bond donors (Lipinski definition) is 2.